The first-order valence-electron chi connectivity index (χ1n) is 6.48. The van der Waals surface area contributed by atoms with Crippen molar-refractivity contribution in [1.29, 1.82) is 0 Å². The van der Waals surface area contributed by atoms with Gasteiger partial charge in [-0.25, -0.2) is 4.39 Å². The highest BCUT2D eigenvalue weighted by Crippen LogP contribution is 2.28. The van der Waals surface area contributed by atoms with E-state index in [-0.39, 0.29) is 11.9 Å². The smallest absolute Gasteiger partial charge is 0.126 e. The van der Waals surface area contributed by atoms with Crippen molar-refractivity contribution in [1.82, 2.24) is 0 Å². The summed E-state index contributed by atoms with van der Waals surface area (Å²) in [5, 5.41) is 0. The lowest BCUT2D eigenvalue weighted by Gasteiger charge is -2.13. The summed E-state index contributed by atoms with van der Waals surface area (Å²) in [6.45, 7) is 0.737. The summed E-state index contributed by atoms with van der Waals surface area (Å²) in [4.78, 5) is 0. The Labute approximate surface area is 112 Å². The molecule has 3 heteroatoms. The number of nitrogens with two attached hydrogens (primary N) is 1. The summed E-state index contributed by atoms with van der Waals surface area (Å²) in [7, 11) is 0. The maximum atomic E-state index is 13.6. The molecule has 19 heavy (non-hydrogen) atoms. The third kappa shape index (κ3) is 2.47. The molecular weight excluding hydrogens is 241 g/mol. The number of rotatable bonds is 3. The Kier molecular flexibility index (Phi) is 3.22. The van der Waals surface area contributed by atoms with Crippen LogP contribution in [-0.4, -0.2) is 6.61 Å². The Bertz CT molecular complexity index is 597. The lowest BCUT2D eigenvalue weighted by atomic mass is 9.97. The van der Waals surface area contributed by atoms with Gasteiger partial charge in [0.15, 0.2) is 0 Å². The molecule has 0 saturated carbocycles. The summed E-state index contributed by atoms with van der Waals surface area (Å²) in [5.74, 6) is 0.754. The molecule has 0 aliphatic carbocycles. The largest absolute Gasteiger partial charge is 0.493 e. The van der Waals surface area contributed by atoms with E-state index in [0.29, 0.717) is 12.0 Å². The first-order chi connectivity index (χ1) is 9.24. The minimum absolute atomic E-state index is 0.192. The van der Waals surface area contributed by atoms with Crippen LogP contribution in [0.15, 0.2) is 42.5 Å². The second kappa shape index (κ2) is 5.02. The first kappa shape index (κ1) is 12.2. The lowest BCUT2D eigenvalue weighted by Crippen LogP contribution is -2.14. The van der Waals surface area contributed by atoms with Crippen LogP contribution in [0.3, 0.4) is 0 Å². The van der Waals surface area contributed by atoms with Crippen LogP contribution in [-0.2, 0) is 12.8 Å². The van der Waals surface area contributed by atoms with E-state index in [1.807, 2.05) is 18.2 Å². The first-order valence-corrected chi connectivity index (χ1v) is 6.48. The molecule has 0 spiro atoms. The molecule has 0 radical (unpaired) electrons. The van der Waals surface area contributed by atoms with Crippen LogP contribution >= 0.6 is 0 Å². The zero-order valence-electron chi connectivity index (χ0n) is 10.6. The van der Waals surface area contributed by atoms with Gasteiger partial charge in [-0.15, -0.1) is 0 Å². The van der Waals surface area contributed by atoms with Gasteiger partial charge >= 0.3 is 0 Å². The van der Waals surface area contributed by atoms with Gasteiger partial charge in [-0.2, -0.15) is 0 Å². The molecule has 0 amide bonds. The summed E-state index contributed by atoms with van der Waals surface area (Å²) >= 11 is 0. The van der Waals surface area contributed by atoms with Crippen molar-refractivity contribution < 1.29 is 9.13 Å². The number of ether oxygens (including phenoxy) is 1. The average molecular weight is 257 g/mol. The highest BCUT2D eigenvalue weighted by molar-refractivity contribution is 5.41. The molecule has 3 rings (SSSR count). The van der Waals surface area contributed by atoms with E-state index >= 15 is 0 Å². The molecule has 1 unspecified atom stereocenters. The third-order valence-electron chi connectivity index (χ3n) is 3.54. The number of halogens is 1. The van der Waals surface area contributed by atoms with Crippen LogP contribution in [0.5, 0.6) is 5.75 Å². The van der Waals surface area contributed by atoms with Crippen LogP contribution in [0, 0.1) is 5.82 Å². The Morgan fingerprint density at radius 2 is 2.05 bits per heavy atom. The minimum Gasteiger partial charge on any atom is -0.493 e. The van der Waals surface area contributed by atoms with E-state index in [4.69, 9.17) is 10.5 Å². The Balaban J connectivity index is 1.81. The second-order valence-electron chi connectivity index (χ2n) is 4.87. The highest BCUT2D eigenvalue weighted by atomic mass is 19.1. The SMILES string of the molecule is NC(Cc1ccccc1F)c1ccc2c(c1)CCO2. The number of hydrogen-bond acceptors (Lipinski definition) is 2. The average Bonchev–Trinajstić information content (AvgIpc) is 2.88. The topological polar surface area (TPSA) is 35.2 Å². The molecule has 1 atom stereocenters. The third-order valence-corrected chi connectivity index (χ3v) is 3.54. The van der Waals surface area contributed by atoms with Crippen LogP contribution in [0.1, 0.15) is 22.7 Å². The van der Waals surface area contributed by atoms with Gasteiger partial charge < -0.3 is 10.5 Å². The molecule has 1 aliphatic heterocycles. The van der Waals surface area contributed by atoms with E-state index in [1.54, 1.807) is 12.1 Å². The normalized spacial score (nSPS) is 14.8. The van der Waals surface area contributed by atoms with E-state index in [0.717, 1.165) is 24.3 Å². The van der Waals surface area contributed by atoms with Gasteiger partial charge in [0.2, 0.25) is 0 Å². The van der Waals surface area contributed by atoms with E-state index in [1.165, 1.54) is 11.6 Å². The van der Waals surface area contributed by atoms with E-state index < -0.39 is 0 Å². The fourth-order valence-corrected chi connectivity index (χ4v) is 2.46. The summed E-state index contributed by atoms with van der Waals surface area (Å²) in [6.07, 6.45) is 1.43. The van der Waals surface area contributed by atoms with Gasteiger partial charge in [0.05, 0.1) is 6.61 Å². The predicted octanol–water partition coefficient (Wildman–Crippen LogP) is 3.00. The molecule has 1 aliphatic rings. The highest BCUT2D eigenvalue weighted by Gasteiger charge is 2.15. The monoisotopic (exact) mass is 257 g/mol. The summed E-state index contributed by atoms with van der Waals surface area (Å²) in [6, 6.07) is 12.6. The van der Waals surface area contributed by atoms with Gasteiger partial charge in [0, 0.05) is 12.5 Å². The van der Waals surface area contributed by atoms with Crippen LogP contribution in [0.25, 0.3) is 0 Å². The molecule has 2 aromatic carbocycles. The van der Waals surface area contributed by atoms with Crippen molar-refractivity contribution >= 4 is 0 Å². The maximum Gasteiger partial charge on any atom is 0.126 e. The molecule has 98 valence electrons. The summed E-state index contributed by atoms with van der Waals surface area (Å²) in [5.41, 5.74) is 9.07. The van der Waals surface area contributed by atoms with Gasteiger partial charge in [-0.3, -0.25) is 0 Å². The van der Waals surface area contributed by atoms with Crippen LogP contribution in [0.2, 0.25) is 0 Å². The number of hydrogen-bond donors (Lipinski definition) is 1. The zero-order chi connectivity index (χ0) is 13.2. The quantitative estimate of drug-likeness (QED) is 0.917. The van der Waals surface area contributed by atoms with Crippen molar-refractivity contribution in [3.63, 3.8) is 0 Å². The van der Waals surface area contributed by atoms with Gasteiger partial charge in [-0.1, -0.05) is 30.3 Å². The van der Waals surface area contributed by atoms with Gasteiger partial charge in [0.1, 0.15) is 11.6 Å². The van der Waals surface area contributed by atoms with Crippen molar-refractivity contribution in [3.05, 3.63) is 65.0 Å². The van der Waals surface area contributed by atoms with Gasteiger partial charge in [0.25, 0.3) is 0 Å². The molecule has 1 heterocycles. The standard InChI is InChI=1S/C16H16FNO/c17-14-4-2-1-3-11(14)10-15(18)12-5-6-16-13(9-12)7-8-19-16/h1-6,9,15H,7-8,10,18H2. The molecule has 2 nitrogen and oxygen atoms in total. The van der Waals surface area contributed by atoms with E-state index in [9.17, 15) is 4.39 Å². The molecule has 0 saturated heterocycles. The minimum atomic E-state index is -0.192. The fraction of sp³-hybridized carbons (Fsp3) is 0.250. The van der Waals surface area contributed by atoms with Crippen LogP contribution < -0.4 is 10.5 Å². The predicted molar refractivity (Wildman–Crippen MR) is 72.7 cm³/mol. The van der Waals surface area contributed by atoms with Crippen LogP contribution in [0.4, 0.5) is 4.39 Å². The second-order valence-corrected chi connectivity index (χ2v) is 4.87. The Hall–Kier alpha value is -1.87. The molecule has 0 fully saturated rings. The van der Waals surface area contributed by atoms with Crippen molar-refractivity contribution in [2.24, 2.45) is 5.73 Å². The zero-order valence-corrected chi connectivity index (χ0v) is 10.6. The van der Waals surface area contributed by atoms with Crippen molar-refractivity contribution in [3.8, 4) is 5.75 Å². The number of benzene rings is 2. The van der Waals surface area contributed by atoms with Crippen molar-refractivity contribution in [2.75, 3.05) is 6.61 Å². The molecule has 2 aromatic rings. The fourth-order valence-electron chi connectivity index (χ4n) is 2.46. The maximum absolute atomic E-state index is 13.6. The Morgan fingerprint density at radius 3 is 2.89 bits per heavy atom. The molecule has 2 N–H and O–H groups in total. The number of fused-ring (bicyclic) bond motifs is 1. The van der Waals surface area contributed by atoms with Gasteiger partial charge in [-0.05, 0) is 35.2 Å². The van der Waals surface area contributed by atoms with E-state index in [2.05, 4.69) is 6.07 Å². The molecule has 0 bridgehead atoms. The summed E-state index contributed by atoms with van der Waals surface area (Å²) < 4.78 is 19.1. The van der Waals surface area contributed by atoms with Crippen molar-refractivity contribution in [2.45, 2.75) is 18.9 Å². The lowest BCUT2D eigenvalue weighted by molar-refractivity contribution is 0.357. The molecular formula is C16H16FNO. The Morgan fingerprint density at radius 1 is 1.21 bits per heavy atom. The molecule has 0 aromatic heterocycles.